The molecule has 4 rings (SSSR count). The van der Waals surface area contributed by atoms with Crippen molar-refractivity contribution in [3.63, 3.8) is 0 Å². The monoisotopic (exact) mass is 414 g/mol. The molecule has 158 valence electrons. The molecule has 1 aromatic carbocycles. The number of carbonyl (C=O) groups excluding carboxylic acids is 2. The molecular formula is C22H23FN2O5. The molecule has 30 heavy (non-hydrogen) atoms. The summed E-state index contributed by atoms with van der Waals surface area (Å²) in [6.45, 7) is 1.50. The van der Waals surface area contributed by atoms with Gasteiger partial charge in [-0.1, -0.05) is 0 Å². The first-order valence-electron chi connectivity index (χ1n) is 9.98. The van der Waals surface area contributed by atoms with E-state index in [1.54, 1.807) is 25.3 Å². The number of hydrogen-bond acceptors (Lipinski definition) is 6. The normalized spacial score (nSPS) is 18.1. The number of fused-ring (bicyclic) bond motifs is 1. The molecule has 7 nitrogen and oxygen atoms in total. The third kappa shape index (κ3) is 4.14. The van der Waals surface area contributed by atoms with Gasteiger partial charge in [-0.15, -0.1) is 0 Å². The van der Waals surface area contributed by atoms with Gasteiger partial charge >= 0.3 is 0 Å². The number of methoxy groups -OCH3 is 1. The summed E-state index contributed by atoms with van der Waals surface area (Å²) < 4.78 is 30.6. The molecule has 0 bridgehead atoms. The Bertz CT molecular complexity index is 947. The number of amides is 1. The van der Waals surface area contributed by atoms with E-state index in [0.717, 1.165) is 6.42 Å². The minimum atomic E-state index is -0.688. The molecule has 2 aliphatic rings. The first-order chi connectivity index (χ1) is 14.6. The van der Waals surface area contributed by atoms with Gasteiger partial charge < -0.3 is 19.1 Å². The maximum atomic E-state index is 14.4. The predicted octanol–water partition coefficient (Wildman–Crippen LogP) is 2.95. The lowest BCUT2D eigenvalue weighted by Crippen LogP contribution is -2.32. The molecule has 1 atom stereocenters. The van der Waals surface area contributed by atoms with Gasteiger partial charge in [0.2, 0.25) is 5.88 Å². The van der Waals surface area contributed by atoms with Crippen molar-refractivity contribution in [2.24, 2.45) is 0 Å². The van der Waals surface area contributed by atoms with E-state index < -0.39 is 11.9 Å². The lowest BCUT2D eigenvalue weighted by atomic mass is 10.1. The summed E-state index contributed by atoms with van der Waals surface area (Å²) in [4.78, 5) is 30.4. The molecule has 0 saturated carbocycles. The van der Waals surface area contributed by atoms with E-state index >= 15 is 0 Å². The maximum absolute atomic E-state index is 14.4. The van der Waals surface area contributed by atoms with E-state index in [1.807, 2.05) is 0 Å². The second kappa shape index (κ2) is 8.79. The van der Waals surface area contributed by atoms with Crippen LogP contribution >= 0.6 is 0 Å². The number of ketones is 1. The maximum Gasteiger partial charge on any atom is 0.268 e. The smallest absolute Gasteiger partial charge is 0.268 e. The average molecular weight is 414 g/mol. The van der Waals surface area contributed by atoms with Gasteiger partial charge in [0, 0.05) is 56.8 Å². The molecule has 1 fully saturated rings. The summed E-state index contributed by atoms with van der Waals surface area (Å²) in [5.41, 5.74) is 1.22. The van der Waals surface area contributed by atoms with Gasteiger partial charge in [-0.3, -0.25) is 9.59 Å². The lowest BCUT2D eigenvalue weighted by Gasteiger charge is -2.18. The molecular weight excluding hydrogens is 391 g/mol. The van der Waals surface area contributed by atoms with Crippen LogP contribution in [0.25, 0.3) is 0 Å². The Kier molecular flexibility index (Phi) is 5.94. The molecule has 2 aromatic rings. The van der Waals surface area contributed by atoms with Crippen molar-refractivity contribution in [3.8, 4) is 11.6 Å². The molecule has 0 spiro atoms. The summed E-state index contributed by atoms with van der Waals surface area (Å²) in [5, 5.41) is 0. The van der Waals surface area contributed by atoms with Gasteiger partial charge in [-0.2, -0.15) is 0 Å². The van der Waals surface area contributed by atoms with Crippen molar-refractivity contribution in [2.75, 3.05) is 31.8 Å². The molecule has 1 aromatic heterocycles. The zero-order valence-corrected chi connectivity index (χ0v) is 16.7. The standard InChI is InChI=1S/C22H23FN2O5/c1-28-9-2-10-29-21-6-3-15(13-24-21)30-20-7-8-25(22(20)27)14-11-17-16(18(23)12-14)4-5-19(17)26/h3,6,11-13,20H,2,4-5,7-10H2,1H3/t20-/m1/s1. The van der Waals surface area contributed by atoms with Crippen LogP contribution in [0.15, 0.2) is 30.5 Å². The van der Waals surface area contributed by atoms with Gasteiger partial charge in [0.15, 0.2) is 11.9 Å². The van der Waals surface area contributed by atoms with Gasteiger partial charge in [0.25, 0.3) is 5.91 Å². The second-order valence-electron chi connectivity index (χ2n) is 7.29. The van der Waals surface area contributed by atoms with E-state index in [1.165, 1.54) is 17.2 Å². The highest BCUT2D eigenvalue weighted by molar-refractivity contribution is 6.04. The number of nitrogens with zero attached hydrogens (tertiary/aromatic N) is 2. The Balaban J connectivity index is 1.39. The fraction of sp³-hybridized carbons (Fsp3) is 0.409. The largest absolute Gasteiger partial charge is 0.479 e. The van der Waals surface area contributed by atoms with Crippen LogP contribution in [0.1, 0.15) is 35.2 Å². The van der Waals surface area contributed by atoms with Gasteiger partial charge in [-0.05, 0) is 30.2 Å². The van der Waals surface area contributed by atoms with Crippen LogP contribution in [-0.2, 0) is 16.0 Å². The minimum absolute atomic E-state index is 0.0826. The van der Waals surface area contributed by atoms with Crippen LogP contribution < -0.4 is 14.4 Å². The summed E-state index contributed by atoms with van der Waals surface area (Å²) in [7, 11) is 1.64. The van der Waals surface area contributed by atoms with Gasteiger partial charge in [-0.25, -0.2) is 9.37 Å². The Hall–Kier alpha value is -3.00. The van der Waals surface area contributed by atoms with Crippen molar-refractivity contribution in [1.29, 1.82) is 0 Å². The fourth-order valence-corrected chi connectivity index (χ4v) is 3.74. The van der Waals surface area contributed by atoms with Crippen molar-refractivity contribution < 1.29 is 28.2 Å². The highest BCUT2D eigenvalue weighted by Gasteiger charge is 2.36. The molecule has 1 aliphatic carbocycles. The van der Waals surface area contributed by atoms with E-state index in [9.17, 15) is 14.0 Å². The second-order valence-corrected chi connectivity index (χ2v) is 7.29. The number of aromatic nitrogens is 1. The van der Waals surface area contributed by atoms with Crippen LogP contribution in [-0.4, -0.2) is 49.6 Å². The number of hydrogen-bond donors (Lipinski definition) is 0. The molecule has 0 unspecified atom stereocenters. The fourth-order valence-electron chi connectivity index (χ4n) is 3.74. The number of halogens is 1. The van der Waals surface area contributed by atoms with Crippen LogP contribution in [0.5, 0.6) is 11.6 Å². The van der Waals surface area contributed by atoms with Crippen LogP contribution in [0.3, 0.4) is 0 Å². The first kappa shape index (κ1) is 20.3. The number of pyridine rings is 1. The molecule has 0 radical (unpaired) electrons. The number of ether oxygens (including phenoxy) is 3. The number of benzene rings is 1. The molecule has 1 saturated heterocycles. The van der Waals surface area contributed by atoms with Crippen molar-refractivity contribution >= 4 is 17.4 Å². The summed E-state index contributed by atoms with van der Waals surface area (Å²) in [5.74, 6) is 0.141. The highest BCUT2D eigenvalue weighted by atomic mass is 19.1. The minimum Gasteiger partial charge on any atom is -0.479 e. The van der Waals surface area contributed by atoms with Crippen LogP contribution in [0.4, 0.5) is 10.1 Å². The highest BCUT2D eigenvalue weighted by Crippen LogP contribution is 2.32. The van der Waals surface area contributed by atoms with Crippen molar-refractivity contribution in [1.82, 2.24) is 4.98 Å². The third-order valence-electron chi connectivity index (χ3n) is 5.28. The SMILES string of the molecule is COCCCOc1ccc(O[C@@H]2CCN(c3cc(F)c4c(c3)C(=O)CC4)C2=O)cn1. The molecule has 1 aliphatic heterocycles. The Labute approximate surface area is 173 Å². The Morgan fingerprint density at radius 2 is 2.07 bits per heavy atom. The average Bonchev–Trinajstić information content (AvgIpc) is 3.30. The topological polar surface area (TPSA) is 78.0 Å². The third-order valence-corrected chi connectivity index (χ3v) is 5.28. The Morgan fingerprint density at radius 1 is 1.20 bits per heavy atom. The molecule has 2 heterocycles. The zero-order valence-electron chi connectivity index (χ0n) is 16.7. The zero-order chi connectivity index (χ0) is 21.1. The van der Waals surface area contributed by atoms with Crippen LogP contribution in [0.2, 0.25) is 0 Å². The number of Topliss-reactive ketones (excluding diaryl/α,β-unsaturated/α-hetero) is 1. The number of rotatable bonds is 8. The number of anilines is 1. The van der Waals surface area contributed by atoms with E-state index in [4.69, 9.17) is 14.2 Å². The Morgan fingerprint density at radius 3 is 2.83 bits per heavy atom. The first-order valence-corrected chi connectivity index (χ1v) is 9.98. The van der Waals surface area contributed by atoms with E-state index in [-0.39, 0.29) is 11.7 Å². The van der Waals surface area contributed by atoms with Crippen molar-refractivity contribution in [3.05, 3.63) is 47.4 Å². The lowest BCUT2D eigenvalue weighted by molar-refractivity contribution is -0.122. The molecule has 8 heteroatoms. The van der Waals surface area contributed by atoms with Crippen LogP contribution in [0, 0.1) is 5.82 Å². The van der Waals surface area contributed by atoms with E-state index in [0.29, 0.717) is 67.5 Å². The van der Waals surface area contributed by atoms with Gasteiger partial charge in [0.05, 0.1) is 12.8 Å². The molecule has 1 amide bonds. The summed E-state index contributed by atoms with van der Waals surface area (Å²) >= 11 is 0. The van der Waals surface area contributed by atoms with Gasteiger partial charge in [0.1, 0.15) is 11.6 Å². The summed E-state index contributed by atoms with van der Waals surface area (Å²) in [6.07, 6.45) is 2.77. The van der Waals surface area contributed by atoms with Crippen molar-refractivity contribution in [2.45, 2.75) is 31.8 Å². The summed E-state index contributed by atoms with van der Waals surface area (Å²) in [6, 6.07) is 6.32. The quantitative estimate of drug-likeness (QED) is 0.618. The number of carbonyl (C=O) groups is 2. The predicted molar refractivity (Wildman–Crippen MR) is 107 cm³/mol. The van der Waals surface area contributed by atoms with E-state index in [2.05, 4.69) is 4.98 Å². The molecule has 0 N–H and O–H groups in total.